The lowest BCUT2D eigenvalue weighted by Gasteiger charge is -2.13. The number of unbranched alkanes of at least 4 members (excludes halogenated alkanes) is 8. The second-order valence-corrected chi connectivity index (χ2v) is 7.55. The quantitative estimate of drug-likeness (QED) is 0.366. The normalized spacial score (nSPS) is 16.0. The van der Waals surface area contributed by atoms with Crippen molar-refractivity contribution in [2.24, 2.45) is 0 Å². The fourth-order valence-electron chi connectivity index (χ4n) is 3.35. The number of hydrogen-bond acceptors (Lipinski definition) is 4. The summed E-state index contributed by atoms with van der Waals surface area (Å²) in [5.41, 5.74) is -1.43. The summed E-state index contributed by atoms with van der Waals surface area (Å²) in [5, 5.41) is 0. The molecule has 1 saturated heterocycles. The molecule has 0 saturated carbocycles. The topological polar surface area (TPSA) is 78.5 Å². The molecular weight excluding hydrogens is 346 g/mol. The Labute approximate surface area is 161 Å². The van der Waals surface area contributed by atoms with Crippen LogP contribution in [0.5, 0.6) is 0 Å². The molecule has 1 atom stereocenters. The molecule has 1 fully saturated rings. The predicted molar refractivity (Wildman–Crippen MR) is 106 cm³/mol. The lowest BCUT2D eigenvalue weighted by atomic mass is 10.1. The number of epoxide rings is 1. The average molecular weight is 382 g/mol. The zero-order valence-electron chi connectivity index (χ0n) is 17.0. The van der Waals surface area contributed by atoms with Crippen LogP contribution in [0.3, 0.4) is 0 Å². The largest absolute Gasteiger partial charge is 0.371 e. The first kappa shape index (κ1) is 21.7. The maximum absolute atomic E-state index is 12.8. The van der Waals surface area contributed by atoms with Crippen LogP contribution in [0.25, 0.3) is 0 Å². The van der Waals surface area contributed by atoms with E-state index in [2.05, 4.69) is 13.8 Å². The van der Waals surface area contributed by atoms with Gasteiger partial charge in [0.15, 0.2) is 0 Å². The Bertz CT molecular complexity index is 691. The van der Waals surface area contributed by atoms with Crippen LogP contribution in [-0.4, -0.2) is 26.4 Å². The second-order valence-electron chi connectivity index (χ2n) is 7.55. The summed E-state index contributed by atoms with van der Waals surface area (Å²) < 4.78 is 8.88. The van der Waals surface area contributed by atoms with Gasteiger partial charge in [-0.1, -0.05) is 65.2 Å². The second kappa shape index (κ2) is 11.3. The molecule has 7 heteroatoms. The van der Waals surface area contributed by atoms with Crippen molar-refractivity contribution in [1.82, 2.24) is 13.7 Å². The zero-order valence-corrected chi connectivity index (χ0v) is 17.0. The zero-order chi connectivity index (χ0) is 19.6. The third kappa shape index (κ3) is 6.48. The van der Waals surface area contributed by atoms with E-state index in [1.54, 1.807) is 0 Å². The van der Waals surface area contributed by atoms with Crippen molar-refractivity contribution in [1.29, 1.82) is 0 Å². The van der Waals surface area contributed by atoms with Gasteiger partial charge in [0.2, 0.25) is 0 Å². The van der Waals surface area contributed by atoms with E-state index in [0.717, 1.165) is 64.2 Å². The van der Waals surface area contributed by atoms with E-state index < -0.39 is 17.1 Å². The molecule has 0 spiro atoms. The highest BCUT2D eigenvalue weighted by Gasteiger charge is 2.26. The number of ether oxygens (including phenoxy) is 1. The molecule has 2 heterocycles. The van der Waals surface area contributed by atoms with E-state index in [1.165, 1.54) is 13.7 Å². The Morgan fingerprint density at radius 1 is 0.704 bits per heavy atom. The third-order valence-electron chi connectivity index (χ3n) is 5.14. The predicted octanol–water partition coefficient (Wildman–Crippen LogP) is 2.51. The van der Waals surface area contributed by atoms with Gasteiger partial charge in [0.05, 0.1) is 19.3 Å². The van der Waals surface area contributed by atoms with Crippen molar-refractivity contribution in [3.63, 3.8) is 0 Å². The van der Waals surface area contributed by atoms with E-state index in [-0.39, 0.29) is 12.6 Å². The van der Waals surface area contributed by atoms with E-state index >= 15 is 0 Å². The lowest BCUT2D eigenvalue weighted by molar-refractivity contribution is 0.354. The van der Waals surface area contributed by atoms with Gasteiger partial charge >= 0.3 is 17.1 Å². The smallest absolute Gasteiger partial charge is 0.336 e. The Morgan fingerprint density at radius 2 is 1.11 bits per heavy atom. The monoisotopic (exact) mass is 381 g/mol. The molecule has 2 rings (SSSR count). The molecule has 154 valence electrons. The third-order valence-corrected chi connectivity index (χ3v) is 5.14. The SMILES string of the molecule is CCCCCCCn1c(=O)n(CCCCCCC)c(=O)n(CC2CO2)c1=O. The molecule has 0 amide bonds. The summed E-state index contributed by atoms with van der Waals surface area (Å²) in [6.45, 7) is 5.87. The van der Waals surface area contributed by atoms with Crippen LogP contribution in [0.15, 0.2) is 14.4 Å². The molecular formula is C20H35N3O4. The highest BCUT2D eigenvalue weighted by molar-refractivity contribution is 4.82. The summed E-state index contributed by atoms with van der Waals surface area (Å²) in [5.74, 6) is 0. The van der Waals surface area contributed by atoms with Crippen LogP contribution in [0, 0.1) is 0 Å². The molecule has 0 aromatic carbocycles. The van der Waals surface area contributed by atoms with E-state index in [9.17, 15) is 14.4 Å². The van der Waals surface area contributed by atoms with Gasteiger partial charge in [-0.3, -0.25) is 0 Å². The van der Waals surface area contributed by atoms with Crippen LogP contribution in [0.2, 0.25) is 0 Å². The van der Waals surface area contributed by atoms with Gasteiger partial charge < -0.3 is 4.74 Å². The summed E-state index contributed by atoms with van der Waals surface area (Å²) in [6, 6.07) is 0. The van der Waals surface area contributed by atoms with Crippen molar-refractivity contribution in [3.05, 3.63) is 31.5 Å². The van der Waals surface area contributed by atoms with Crippen molar-refractivity contribution < 1.29 is 4.74 Å². The summed E-state index contributed by atoms with van der Waals surface area (Å²) >= 11 is 0. The van der Waals surface area contributed by atoms with Gasteiger partial charge in [-0.05, 0) is 12.8 Å². The highest BCUT2D eigenvalue weighted by Crippen LogP contribution is 2.09. The van der Waals surface area contributed by atoms with E-state index in [4.69, 9.17) is 4.74 Å². The Balaban J connectivity index is 2.17. The lowest BCUT2D eigenvalue weighted by Crippen LogP contribution is -2.55. The standard InChI is InChI=1S/C20H35N3O4/c1-3-5-7-9-11-13-21-18(24)22(14-12-10-8-6-4-2)20(26)23(19(21)25)15-17-16-27-17/h17H,3-16H2,1-2H3. The van der Waals surface area contributed by atoms with E-state index in [1.807, 2.05) is 0 Å². The van der Waals surface area contributed by atoms with Crippen molar-refractivity contribution in [2.75, 3.05) is 6.61 Å². The van der Waals surface area contributed by atoms with Gasteiger partial charge in [-0.25, -0.2) is 28.1 Å². The molecule has 27 heavy (non-hydrogen) atoms. The Morgan fingerprint density at radius 3 is 1.52 bits per heavy atom. The van der Waals surface area contributed by atoms with Gasteiger partial charge in [0, 0.05) is 13.1 Å². The number of aromatic nitrogens is 3. The molecule has 0 radical (unpaired) electrons. The molecule has 7 nitrogen and oxygen atoms in total. The van der Waals surface area contributed by atoms with Crippen LogP contribution in [0.4, 0.5) is 0 Å². The highest BCUT2D eigenvalue weighted by atomic mass is 16.6. The molecule has 0 N–H and O–H groups in total. The number of rotatable bonds is 14. The van der Waals surface area contributed by atoms with Gasteiger partial charge in [0.25, 0.3) is 0 Å². The first-order valence-corrected chi connectivity index (χ1v) is 10.7. The van der Waals surface area contributed by atoms with Crippen LogP contribution < -0.4 is 17.1 Å². The van der Waals surface area contributed by atoms with Crippen molar-refractivity contribution in [2.45, 2.75) is 104 Å². The van der Waals surface area contributed by atoms with Gasteiger partial charge in [0.1, 0.15) is 0 Å². The van der Waals surface area contributed by atoms with Crippen LogP contribution in [-0.2, 0) is 24.4 Å². The molecule has 0 bridgehead atoms. The minimum absolute atomic E-state index is 0.0797. The summed E-state index contributed by atoms with van der Waals surface area (Å²) in [6.07, 6.45) is 10.3. The molecule has 1 aliphatic heterocycles. The van der Waals surface area contributed by atoms with Crippen molar-refractivity contribution in [3.8, 4) is 0 Å². The maximum atomic E-state index is 12.8. The Hall–Kier alpha value is -1.63. The minimum atomic E-state index is -0.488. The first-order chi connectivity index (χ1) is 13.1. The fourth-order valence-corrected chi connectivity index (χ4v) is 3.35. The molecule has 1 unspecified atom stereocenters. The van der Waals surface area contributed by atoms with E-state index in [0.29, 0.717) is 19.7 Å². The Kier molecular flexibility index (Phi) is 9.04. The molecule has 1 aromatic rings. The van der Waals surface area contributed by atoms with Crippen LogP contribution >= 0.6 is 0 Å². The number of hydrogen-bond donors (Lipinski definition) is 0. The molecule has 0 aliphatic carbocycles. The van der Waals surface area contributed by atoms with Crippen LogP contribution in [0.1, 0.15) is 78.1 Å². The number of nitrogens with zero attached hydrogens (tertiary/aromatic N) is 3. The maximum Gasteiger partial charge on any atom is 0.336 e. The van der Waals surface area contributed by atoms with Gasteiger partial charge in [-0.15, -0.1) is 0 Å². The fraction of sp³-hybridized carbons (Fsp3) is 0.850. The summed E-state index contributed by atoms with van der Waals surface area (Å²) in [4.78, 5) is 38.2. The van der Waals surface area contributed by atoms with Crippen molar-refractivity contribution >= 4 is 0 Å². The molecule has 1 aromatic heterocycles. The van der Waals surface area contributed by atoms with Gasteiger partial charge in [-0.2, -0.15) is 0 Å². The summed E-state index contributed by atoms with van der Waals surface area (Å²) in [7, 11) is 0. The minimum Gasteiger partial charge on any atom is -0.371 e. The average Bonchev–Trinajstić information content (AvgIpc) is 3.47. The molecule has 1 aliphatic rings. The first-order valence-electron chi connectivity index (χ1n) is 10.7.